The molecule has 0 radical (unpaired) electrons. The zero-order chi connectivity index (χ0) is 10.9. The van der Waals surface area contributed by atoms with Crippen molar-refractivity contribution in [2.24, 2.45) is 0 Å². The third-order valence-corrected chi connectivity index (χ3v) is 3.86. The van der Waals surface area contributed by atoms with E-state index in [4.69, 9.17) is 0 Å². The summed E-state index contributed by atoms with van der Waals surface area (Å²) in [6, 6.07) is 0.385. The number of thioether (sulfide) groups is 1. The quantitative estimate of drug-likeness (QED) is 0.629. The van der Waals surface area contributed by atoms with E-state index < -0.39 is 0 Å². The van der Waals surface area contributed by atoms with Gasteiger partial charge in [-0.15, -0.1) is 0 Å². The van der Waals surface area contributed by atoms with E-state index in [1.807, 2.05) is 11.8 Å². The van der Waals surface area contributed by atoms with E-state index in [0.29, 0.717) is 6.04 Å². The van der Waals surface area contributed by atoms with Gasteiger partial charge in [0.2, 0.25) is 0 Å². The van der Waals surface area contributed by atoms with Gasteiger partial charge in [-0.25, -0.2) is 0 Å². The highest BCUT2D eigenvalue weighted by atomic mass is 32.2. The van der Waals surface area contributed by atoms with Crippen molar-refractivity contribution in [1.29, 1.82) is 0 Å². The van der Waals surface area contributed by atoms with Crippen LogP contribution in [0.2, 0.25) is 0 Å². The first-order chi connectivity index (χ1) is 7.34. The normalized spacial score (nSPS) is 26.0. The van der Waals surface area contributed by atoms with Gasteiger partial charge in [-0.2, -0.15) is 11.8 Å². The molecule has 3 heteroatoms. The van der Waals surface area contributed by atoms with Gasteiger partial charge in [0.15, 0.2) is 0 Å². The van der Waals surface area contributed by atoms with E-state index in [9.17, 15) is 5.11 Å². The summed E-state index contributed by atoms with van der Waals surface area (Å²) in [5.41, 5.74) is 0. The minimum atomic E-state index is -0.0820. The highest BCUT2D eigenvalue weighted by Crippen LogP contribution is 2.18. The van der Waals surface area contributed by atoms with E-state index in [1.165, 1.54) is 37.9 Å². The van der Waals surface area contributed by atoms with Crippen LogP contribution in [0.1, 0.15) is 44.9 Å². The molecule has 0 heterocycles. The highest BCUT2D eigenvalue weighted by Gasteiger charge is 2.23. The first-order valence-electron chi connectivity index (χ1n) is 6.25. The number of hydrogen-bond donors (Lipinski definition) is 2. The second-order valence-electron chi connectivity index (χ2n) is 4.47. The average Bonchev–Trinajstić information content (AvgIpc) is 2.63. The lowest BCUT2D eigenvalue weighted by molar-refractivity contribution is 0.149. The largest absolute Gasteiger partial charge is 0.392 e. The molecule has 15 heavy (non-hydrogen) atoms. The Labute approximate surface area is 98.2 Å². The van der Waals surface area contributed by atoms with E-state index in [1.54, 1.807) is 0 Å². The maximum atomic E-state index is 9.60. The molecule has 1 rings (SSSR count). The summed E-state index contributed by atoms with van der Waals surface area (Å²) in [5, 5.41) is 13.1. The van der Waals surface area contributed by atoms with Crippen molar-refractivity contribution >= 4 is 11.8 Å². The number of nitrogens with one attached hydrogen (secondary N) is 1. The van der Waals surface area contributed by atoms with Gasteiger partial charge in [0.25, 0.3) is 0 Å². The smallest absolute Gasteiger partial charge is 0.0693 e. The van der Waals surface area contributed by atoms with Crippen LogP contribution in [-0.4, -0.2) is 35.8 Å². The van der Waals surface area contributed by atoms with Crippen LogP contribution < -0.4 is 5.32 Å². The average molecular weight is 231 g/mol. The zero-order valence-electron chi connectivity index (χ0n) is 9.87. The SMILES string of the molecule is CSCCCCCCN[C@H]1CCC[C@@H]1O. The minimum Gasteiger partial charge on any atom is -0.392 e. The first-order valence-corrected chi connectivity index (χ1v) is 7.64. The second-order valence-corrected chi connectivity index (χ2v) is 5.45. The van der Waals surface area contributed by atoms with Gasteiger partial charge in [-0.3, -0.25) is 0 Å². The van der Waals surface area contributed by atoms with Gasteiger partial charge in [0.05, 0.1) is 6.10 Å². The minimum absolute atomic E-state index is 0.0820. The molecule has 90 valence electrons. The molecule has 2 nitrogen and oxygen atoms in total. The van der Waals surface area contributed by atoms with Crippen molar-refractivity contribution in [3.8, 4) is 0 Å². The predicted octanol–water partition coefficient (Wildman–Crippen LogP) is 2.41. The molecular weight excluding hydrogens is 206 g/mol. The molecule has 0 aromatic carbocycles. The molecule has 2 N–H and O–H groups in total. The molecule has 1 fully saturated rings. The first kappa shape index (κ1) is 13.3. The molecular formula is C12H25NOS. The lowest BCUT2D eigenvalue weighted by Gasteiger charge is -2.16. The van der Waals surface area contributed by atoms with Crippen LogP contribution in [0.5, 0.6) is 0 Å². The molecule has 0 unspecified atom stereocenters. The van der Waals surface area contributed by atoms with E-state index >= 15 is 0 Å². The fourth-order valence-corrected chi connectivity index (χ4v) is 2.68. The summed E-state index contributed by atoms with van der Waals surface area (Å²) in [6.45, 7) is 1.08. The lowest BCUT2D eigenvalue weighted by atomic mass is 10.2. The Morgan fingerprint density at radius 3 is 2.67 bits per heavy atom. The Hall–Kier alpha value is 0.270. The van der Waals surface area contributed by atoms with Crippen molar-refractivity contribution in [2.75, 3.05) is 18.6 Å². The maximum Gasteiger partial charge on any atom is 0.0693 e. The molecule has 1 aliphatic carbocycles. The van der Waals surface area contributed by atoms with Crippen molar-refractivity contribution in [1.82, 2.24) is 5.32 Å². The van der Waals surface area contributed by atoms with Crippen molar-refractivity contribution in [3.63, 3.8) is 0 Å². The van der Waals surface area contributed by atoms with Gasteiger partial charge in [-0.1, -0.05) is 12.8 Å². The summed E-state index contributed by atoms with van der Waals surface area (Å²) in [6.07, 6.45) is 10.7. The van der Waals surface area contributed by atoms with Crippen molar-refractivity contribution < 1.29 is 5.11 Å². The fraction of sp³-hybridized carbons (Fsp3) is 1.00. The molecule has 0 amide bonds. The summed E-state index contributed by atoms with van der Waals surface area (Å²) in [4.78, 5) is 0. The number of aliphatic hydroxyl groups is 1. The third-order valence-electron chi connectivity index (χ3n) is 3.16. The van der Waals surface area contributed by atoms with Gasteiger partial charge >= 0.3 is 0 Å². The summed E-state index contributed by atoms with van der Waals surface area (Å²) < 4.78 is 0. The molecule has 0 aromatic heterocycles. The summed E-state index contributed by atoms with van der Waals surface area (Å²) in [7, 11) is 0. The van der Waals surface area contributed by atoms with E-state index in [0.717, 1.165) is 19.4 Å². The van der Waals surface area contributed by atoms with Crippen LogP contribution in [0.4, 0.5) is 0 Å². The molecule has 1 aliphatic rings. The molecule has 0 bridgehead atoms. The van der Waals surface area contributed by atoms with Gasteiger partial charge in [0.1, 0.15) is 0 Å². The predicted molar refractivity (Wildman–Crippen MR) is 68.5 cm³/mol. The van der Waals surface area contributed by atoms with E-state index in [-0.39, 0.29) is 6.10 Å². The third kappa shape index (κ3) is 5.79. The number of unbranched alkanes of at least 4 members (excludes halogenated alkanes) is 3. The molecule has 0 aliphatic heterocycles. The van der Waals surface area contributed by atoms with Crippen LogP contribution in [0.25, 0.3) is 0 Å². The van der Waals surface area contributed by atoms with Crippen LogP contribution in [0.3, 0.4) is 0 Å². The Morgan fingerprint density at radius 2 is 2.00 bits per heavy atom. The van der Waals surface area contributed by atoms with Crippen molar-refractivity contribution in [3.05, 3.63) is 0 Å². The Balaban J connectivity index is 1.84. The van der Waals surface area contributed by atoms with E-state index in [2.05, 4.69) is 11.6 Å². The van der Waals surface area contributed by atoms with Crippen LogP contribution in [0.15, 0.2) is 0 Å². The van der Waals surface area contributed by atoms with Crippen LogP contribution in [0, 0.1) is 0 Å². The number of hydrogen-bond acceptors (Lipinski definition) is 3. The van der Waals surface area contributed by atoms with Gasteiger partial charge in [0, 0.05) is 6.04 Å². The Morgan fingerprint density at radius 1 is 1.20 bits per heavy atom. The number of rotatable bonds is 8. The van der Waals surface area contributed by atoms with Gasteiger partial charge in [-0.05, 0) is 50.7 Å². The highest BCUT2D eigenvalue weighted by molar-refractivity contribution is 7.98. The monoisotopic (exact) mass is 231 g/mol. The summed E-state index contributed by atoms with van der Waals surface area (Å²) in [5.74, 6) is 1.30. The molecule has 0 aromatic rings. The molecule has 0 saturated heterocycles. The van der Waals surface area contributed by atoms with Crippen LogP contribution in [-0.2, 0) is 0 Å². The van der Waals surface area contributed by atoms with Gasteiger partial charge < -0.3 is 10.4 Å². The number of aliphatic hydroxyl groups excluding tert-OH is 1. The zero-order valence-corrected chi connectivity index (χ0v) is 10.7. The maximum absolute atomic E-state index is 9.60. The Kier molecular flexibility index (Phi) is 7.49. The van der Waals surface area contributed by atoms with Crippen molar-refractivity contribution in [2.45, 2.75) is 57.1 Å². The lowest BCUT2D eigenvalue weighted by Crippen LogP contribution is -2.36. The topological polar surface area (TPSA) is 32.3 Å². The molecule has 0 spiro atoms. The molecule has 1 saturated carbocycles. The standard InChI is InChI=1S/C12H25NOS/c1-15-10-5-3-2-4-9-13-11-7-6-8-12(11)14/h11-14H,2-10H2,1H3/t11-,12-/m0/s1. The second kappa shape index (κ2) is 8.43. The molecule has 2 atom stereocenters. The Bertz CT molecular complexity index is 155. The summed E-state index contributed by atoms with van der Waals surface area (Å²) >= 11 is 1.94. The van der Waals surface area contributed by atoms with Crippen LogP contribution >= 0.6 is 11.8 Å². The fourth-order valence-electron chi connectivity index (χ4n) is 2.19.